The Labute approximate surface area is 194 Å². The molecule has 8 nitrogen and oxygen atoms in total. The fourth-order valence-corrected chi connectivity index (χ4v) is 4.54. The van der Waals surface area contributed by atoms with Crippen molar-refractivity contribution in [1.29, 1.82) is 0 Å². The summed E-state index contributed by atoms with van der Waals surface area (Å²) in [5.74, 6) is -0.966. The number of hydrogen-bond donors (Lipinski definition) is 3. The molecule has 34 heavy (non-hydrogen) atoms. The van der Waals surface area contributed by atoms with Crippen LogP contribution in [0.15, 0.2) is 53.4 Å². The van der Waals surface area contributed by atoms with E-state index in [1.165, 1.54) is 0 Å². The van der Waals surface area contributed by atoms with Gasteiger partial charge in [-0.1, -0.05) is 12.8 Å². The summed E-state index contributed by atoms with van der Waals surface area (Å²) < 4.78 is 67.0. The molecule has 1 aliphatic carbocycles. The average Bonchev–Trinajstić information content (AvgIpc) is 3.32. The molecule has 0 spiro atoms. The maximum atomic E-state index is 12.3. The number of ether oxygens (including phenoxy) is 1. The first kappa shape index (κ1) is 25.5. The van der Waals surface area contributed by atoms with Crippen molar-refractivity contribution in [3.63, 3.8) is 0 Å². The molecule has 0 saturated heterocycles. The number of hydrogen-bond acceptors (Lipinski definition) is 5. The van der Waals surface area contributed by atoms with Gasteiger partial charge in [0.15, 0.2) is 0 Å². The molecule has 1 saturated carbocycles. The standard InChI is InChI=1S/C22H24F3N3O5S/c23-22(24,25)33-18-9-11-19(12-10-18)34(31,32)27-14-13-26-20(29)16-5-7-17(8-6-16)28-21(30)15-3-1-2-4-15/h5-12,15,27H,1-4,13-14H2,(H,26,29)(H,28,30). The molecule has 0 heterocycles. The van der Waals surface area contributed by atoms with E-state index in [0.29, 0.717) is 11.3 Å². The van der Waals surface area contributed by atoms with Crippen molar-refractivity contribution in [2.45, 2.75) is 36.9 Å². The Morgan fingerprint density at radius 1 is 0.941 bits per heavy atom. The van der Waals surface area contributed by atoms with Crippen molar-refractivity contribution in [2.75, 3.05) is 18.4 Å². The van der Waals surface area contributed by atoms with Crippen molar-refractivity contribution in [1.82, 2.24) is 10.0 Å². The van der Waals surface area contributed by atoms with Crippen LogP contribution in [-0.2, 0) is 14.8 Å². The molecule has 0 aromatic heterocycles. The number of sulfonamides is 1. The van der Waals surface area contributed by atoms with Crippen LogP contribution in [0.4, 0.5) is 18.9 Å². The highest BCUT2D eigenvalue weighted by molar-refractivity contribution is 7.89. The number of nitrogens with one attached hydrogen (secondary N) is 3. The van der Waals surface area contributed by atoms with Gasteiger partial charge in [-0.05, 0) is 61.4 Å². The van der Waals surface area contributed by atoms with E-state index in [4.69, 9.17) is 0 Å². The lowest BCUT2D eigenvalue weighted by Gasteiger charge is -2.11. The topological polar surface area (TPSA) is 114 Å². The average molecular weight is 500 g/mol. The zero-order valence-corrected chi connectivity index (χ0v) is 18.8. The Hall–Kier alpha value is -3.12. The smallest absolute Gasteiger partial charge is 0.406 e. The molecule has 0 atom stereocenters. The van der Waals surface area contributed by atoms with E-state index in [0.717, 1.165) is 49.9 Å². The van der Waals surface area contributed by atoms with Crippen LogP contribution >= 0.6 is 0 Å². The van der Waals surface area contributed by atoms with Crippen molar-refractivity contribution in [3.05, 3.63) is 54.1 Å². The number of amides is 2. The molecule has 1 fully saturated rings. The molecule has 2 aromatic carbocycles. The normalized spacial score (nSPS) is 14.6. The maximum Gasteiger partial charge on any atom is 0.573 e. The first-order valence-electron chi connectivity index (χ1n) is 10.6. The summed E-state index contributed by atoms with van der Waals surface area (Å²) in [7, 11) is -3.99. The van der Waals surface area contributed by atoms with E-state index in [9.17, 15) is 31.2 Å². The third kappa shape index (κ3) is 7.45. The number of halogens is 3. The molecular weight excluding hydrogens is 475 g/mol. The Bertz CT molecular complexity index is 1100. The number of anilines is 1. The first-order valence-corrected chi connectivity index (χ1v) is 12.1. The fourth-order valence-electron chi connectivity index (χ4n) is 3.50. The van der Waals surface area contributed by atoms with Crippen LogP contribution in [0.3, 0.4) is 0 Å². The minimum atomic E-state index is -4.87. The van der Waals surface area contributed by atoms with E-state index in [-0.39, 0.29) is 29.8 Å². The lowest BCUT2D eigenvalue weighted by atomic mass is 10.1. The molecular formula is C22H24F3N3O5S. The van der Waals surface area contributed by atoms with Crippen molar-refractivity contribution in [2.24, 2.45) is 5.92 Å². The fraction of sp³-hybridized carbons (Fsp3) is 0.364. The molecule has 0 unspecified atom stereocenters. The number of alkyl halides is 3. The lowest BCUT2D eigenvalue weighted by Crippen LogP contribution is -2.34. The quantitative estimate of drug-likeness (QED) is 0.458. The van der Waals surface area contributed by atoms with Gasteiger partial charge in [-0.2, -0.15) is 0 Å². The first-order chi connectivity index (χ1) is 16.0. The van der Waals surface area contributed by atoms with Gasteiger partial charge >= 0.3 is 6.36 Å². The molecule has 3 rings (SSSR count). The van der Waals surface area contributed by atoms with Crippen LogP contribution < -0.4 is 20.1 Å². The van der Waals surface area contributed by atoms with Crippen LogP contribution in [0.5, 0.6) is 5.75 Å². The predicted molar refractivity (Wildman–Crippen MR) is 118 cm³/mol. The van der Waals surface area contributed by atoms with Crippen LogP contribution in [-0.4, -0.2) is 39.7 Å². The van der Waals surface area contributed by atoms with Gasteiger partial charge in [0.2, 0.25) is 15.9 Å². The largest absolute Gasteiger partial charge is 0.573 e. The number of carbonyl (C=O) groups is 2. The Balaban J connectivity index is 1.44. The molecule has 0 bridgehead atoms. The molecule has 2 amide bonds. The minimum absolute atomic E-state index is 0.0203. The summed E-state index contributed by atoms with van der Waals surface area (Å²) >= 11 is 0. The van der Waals surface area contributed by atoms with Gasteiger partial charge in [-0.25, -0.2) is 13.1 Å². The van der Waals surface area contributed by atoms with Crippen LogP contribution in [0.25, 0.3) is 0 Å². The Morgan fingerprint density at radius 2 is 1.56 bits per heavy atom. The summed E-state index contributed by atoms with van der Waals surface area (Å²) in [6.45, 7) is -0.155. The van der Waals surface area contributed by atoms with Gasteiger partial charge in [-0.15, -0.1) is 13.2 Å². The Kier molecular flexibility index (Phi) is 8.15. The van der Waals surface area contributed by atoms with Crippen LogP contribution in [0.1, 0.15) is 36.0 Å². The summed E-state index contributed by atoms with van der Waals surface area (Å²) in [5, 5.41) is 5.40. The van der Waals surface area contributed by atoms with E-state index in [1.54, 1.807) is 24.3 Å². The van der Waals surface area contributed by atoms with E-state index in [2.05, 4.69) is 20.1 Å². The van der Waals surface area contributed by atoms with Gasteiger partial charge in [0.1, 0.15) is 5.75 Å². The third-order valence-corrected chi connectivity index (χ3v) is 6.69. The molecule has 1 aliphatic rings. The number of benzene rings is 2. The number of carbonyl (C=O) groups excluding carboxylic acids is 2. The van der Waals surface area contributed by atoms with Crippen molar-refractivity contribution >= 4 is 27.5 Å². The van der Waals surface area contributed by atoms with Gasteiger partial charge in [0, 0.05) is 30.3 Å². The van der Waals surface area contributed by atoms with E-state index in [1.807, 2.05) is 0 Å². The van der Waals surface area contributed by atoms with Gasteiger partial charge in [0.25, 0.3) is 5.91 Å². The zero-order valence-electron chi connectivity index (χ0n) is 18.0. The highest BCUT2D eigenvalue weighted by Crippen LogP contribution is 2.26. The van der Waals surface area contributed by atoms with E-state index < -0.39 is 28.0 Å². The number of rotatable bonds is 9. The van der Waals surface area contributed by atoms with Crippen molar-refractivity contribution in [3.8, 4) is 5.75 Å². The summed E-state index contributed by atoms with van der Waals surface area (Å²) in [5.41, 5.74) is 0.926. The van der Waals surface area contributed by atoms with Gasteiger partial charge in [0.05, 0.1) is 4.90 Å². The highest BCUT2D eigenvalue weighted by atomic mass is 32.2. The molecule has 0 radical (unpaired) electrons. The second-order valence-electron chi connectivity index (χ2n) is 7.72. The van der Waals surface area contributed by atoms with Crippen LogP contribution in [0.2, 0.25) is 0 Å². The molecule has 184 valence electrons. The molecule has 12 heteroatoms. The Morgan fingerprint density at radius 3 is 2.15 bits per heavy atom. The molecule has 0 aliphatic heterocycles. The second kappa shape index (κ2) is 10.9. The van der Waals surface area contributed by atoms with Gasteiger partial charge in [-0.3, -0.25) is 9.59 Å². The third-order valence-electron chi connectivity index (χ3n) is 5.21. The summed E-state index contributed by atoms with van der Waals surface area (Å²) in [4.78, 5) is 24.2. The van der Waals surface area contributed by atoms with E-state index >= 15 is 0 Å². The monoisotopic (exact) mass is 499 g/mol. The summed E-state index contributed by atoms with van der Waals surface area (Å²) in [6, 6.07) is 10.1. The second-order valence-corrected chi connectivity index (χ2v) is 9.49. The van der Waals surface area contributed by atoms with Crippen molar-refractivity contribution < 1.29 is 35.9 Å². The minimum Gasteiger partial charge on any atom is -0.406 e. The maximum absolute atomic E-state index is 12.3. The zero-order chi connectivity index (χ0) is 24.8. The van der Waals surface area contributed by atoms with Crippen LogP contribution in [0, 0.1) is 5.92 Å². The lowest BCUT2D eigenvalue weighted by molar-refractivity contribution is -0.274. The molecule has 2 aromatic rings. The van der Waals surface area contributed by atoms with Gasteiger partial charge < -0.3 is 15.4 Å². The highest BCUT2D eigenvalue weighted by Gasteiger charge is 2.31. The summed E-state index contributed by atoms with van der Waals surface area (Å²) in [6.07, 6.45) is -1.00. The predicted octanol–water partition coefficient (Wildman–Crippen LogP) is 3.42. The SMILES string of the molecule is O=C(NCCNS(=O)(=O)c1ccc(OC(F)(F)F)cc1)c1ccc(NC(=O)C2CCCC2)cc1. The molecule has 3 N–H and O–H groups in total.